The number of hydrogen-bond acceptors (Lipinski definition) is 3. The minimum Gasteiger partial charge on any atom is -0.375 e. The van der Waals surface area contributed by atoms with Gasteiger partial charge < -0.3 is 4.74 Å². The Morgan fingerprint density at radius 3 is 2.56 bits per heavy atom. The summed E-state index contributed by atoms with van der Waals surface area (Å²) in [6.45, 7) is 1.97. The molecule has 1 atom stereocenters. The molecule has 2 aromatic rings. The Bertz CT molecular complexity index is 456. The quantitative estimate of drug-likeness (QED) is 0.788. The molecule has 0 saturated carbocycles. The molecule has 3 nitrogen and oxygen atoms in total. The van der Waals surface area contributed by atoms with E-state index in [1.54, 1.807) is 13.3 Å². The predicted octanol–water partition coefficient (Wildman–Crippen LogP) is 2.85. The second kappa shape index (κ2) is 4.86. The SMILES string of the molecule is COC(C)c1ccnc(-c2ccccc2)n1. The number of rotatable bonds is 3. The molecule has 82 valence electrons. The highest BCUT2D eigenvalue weighted by atomic mass is 16.5. The van der Waals surface area contributed by atoms with Crippen molar-refractivity contribution in [1.29, 1.82) is 0 Å². The van der Waals surface area contributed by atoms with Crippen LogP contribution in [0.5, 0.6) is 0 Å². The van der Waals surface area contributed by atoms with Crippen LogP contribution in [-0.4, -0.2) is 17.1 Å². The summed E-state index contributed by atoms with van der Waals surface area (Å²) in [5, 5.41) is 0. The first kappa shape index (κ1) is 10.8. The molecule has 0 aliphatic carbocycles. The van der Waals surface area contributed by atoms with E-state index in [-0.39, 0.29) is 6.10 Å². The molecule has 0 spiro atoms. The third-order valence-corrected chi connectivity index (χ3v) is 2.48. The Morgan fingerprint density at radius 1 is 1.12 bits per heavy atom. The molecule has 2 rings (SSSR count). The fraction of sp³-hybridized carbons (Fsp3) is 0.231. The normalized spacial score (nSPS) is 12.4. The van der Waals surface area contributed by atoms with Gasteiger partial charge in [-0.2, -0.15) is 0 Å². The zero-order chi connectivity index (χ0) is 11.4. The van der Waals surface area contributed by atoms with Crippen molar-refractivity contribution >= 4 is 0 Å². The van der Waals surface area contributed by atoms with E-state index in [4.69, 9.17) is 4.74 Å². The molecule has 0 saturated heterocycles. The van der Waals surface area contributed by atoms with Gasteiger partial charge >= 0.3 is 0 Å². The average Bonchev–Trinajstić information content (AvgIpc) is 2.39. The Balaban J connectivity index is 2.36. The van der Waals surface area contributed by atoms with E-state index in [2.05, 4.69) is 9.97 Å². The Hall–Kier alpha value is -1.74. The summed E-state index contributed by atoms with van der Waals surface area (Å²) >= 11 is 0. The van der Waals surface area contributed by atoms with Crippen molar-refractivity contribution in [2.45, 2.75) is 13.0 Å². The lowest BCUT2D eigenvalue weighted by molar-refractivity contribution is 0.116. The Morgan fingerprint density at radius 2 is 1.88 bits per heavy atom. The molecule has 1 aromatic heterocycles. The maximum absolute atomic E-state index is 5.24. The fourth-order valence-corrected chi connectivity index (χ4v) is 1.45. The van der Waals surface area contributed by atoms with Crippen LogP contribution in [0.25, 0.3) is 11.4 Å². The van der Waals surface area contributed by atoms with E-state index in [1.807, 2.05) is 43.3 Å². The summed E-state index contributed by atoms with van der Waals surface area (Å²) in [7, 11) is 1.68. The molecule has 0 fully saturated rings. The standard InChI is InChI=1S/C13H14N2O/c1-10(16-2)12-8-9-14-13(15-12)11-6-4-3-5-7-11/h3-10H,1-2H3. The van der Waals surface area contributed by atoms with Gasteiger partial charge in [-0.15, -0.1) is 0 Å². The number of aromatic nitrogens is 2. The van der Waals surface area contributed by atoms with Gasteiger partial charge in [0.1, 0.15) is 0 Å². The Kier molecular flexibility index (Phi) is 3.27. The number of hydrogen-bond donors (Lipinski definition) is 0. The molecule has 0 aliphatic rings. The van der Waals surface area contributed by atoms with Crippen molar-refractivity contribution in [3.63, 3.8) is 0 Å². The molecule has 1 heterocycles. The highest BCUT2D eigenvalue weighted by Gasteiger charge is 2.07. The molecule has 1 unspecified atom stereocenters. The topological polar surface area (TPSA) is 35.0 Å². The van der Waals surface area contributed by atoms with Gasteiger partial charge in [-0.1, -0.05) is 30.3 Å². The summed E-state index contributed by atoms with van der Waals surface area (Å²) in [4.78, 5) is 8.74. The summed E-state index contributed by atoms with van der Waals surface area (Å²) in [5.74, 6) is 0.738. The zero-order valence-corrected chi connectivity index (χ0v) is 9.42. The van der Waals surface area contributed by atoms with Crippen LogP contribution in [0.3, 0.4) is 0 Å². The van der Waals surface area contributed by atoms with Crippen LogP contribution in [0, 0.1) is 0 Å². The second-order valence-electron chi connectivity index (χ2n) is 3.55. The third-order valence-electron chi connectivity index (χ3n) is 2.48. The molecule has 0 aliphatic heterocycles. The van der Waals surface area contributed by atoms with E-state index in [0.717, 1.165) is 17.1 Å². The first-order valence-corrected chi connectivity index (χ1v) is 5.22. The molecule has 0 N–H and O–H groups in total. The van der Waals surface area contributed by atoms with Gasteiger partial charge in [0.25, 0.3) is 0 Å². The van der Waals surface area contributed by atoms with E-state index in [9.17, 15) is 0 Å². The lowest BCUT2D eigenvalue weighted by Gasteiger charge is -2.09. The van der Waals surface area contributed by atoms with Crippen molar-refractivity contribution in [2.24, 2.45) is 0 Å². The molecule has 0 bridgehead atoms. The fourth-order valence-electron chi connectivity index (χ4n) is 1.45. The smallest absolute Gasteiger partial charge is 0.159 e. The summed E-state index contributed by atoms with van der Waals surface area (Å²) in [6, 6.07) is 11.8. The molecular formula is C13H14N2O. The molecule has 16 heavy (non-hydrogen) atoms. The van der Waals surface area contributed by atoms with Gasteiger partial charge in [-0.05, 0) is 13.0 Å². The summed E-state index contributed by atoms with van der Waals surface area (Å²) < 4.78 is 5.24. The van der Waals surface area contributed by atoms with Gasteiger partial charge in [0.05, 0.1) is 11.8 Å². The first-order valence-electron chi connectivity index (χ1n) is 5.22. The van der Waals surface area contributed by atoms with Crippen molar-refractivity contribution < 1.29 is 4.74 Å². The largest absolute Gasteiger partial charge is 0.375 e. The number of methoxy groups -OCH3 is 1. The number of benzene rings is 1. The van der Waals surface area contributed by atoms with Gasteiger partial charge in [0.15, 0.2) is 5.82 Å². The zero-order valence-electron chi connectivity index (χ0n) is 9.42. The molecular weight excluding hydrogens is 200 g/mol. The maximum Gasteiger partial charge on any atom is 0.159 e. The number of ether oxygens (including phenoxy) is 1. The molecule has 0 radical (unpaired) electrons. The van der Waals surface area contributed by atoms with Crippen LogP contribution in [0.15, 0.2) is 42.6 Å². The highest BCUT2D eigenvalue weighted by molar-refractivity contribution is 5.54. The second-order valence-corrected chi connectivity index (χ2v) is 3.55. The van der Waals surface area contributed by atoms with E-state index < -0.39 is 0 Å². The highest BCUT2D eigenvalue weighted by Crippen LogP contribution is 2.17. The van der Waals surface area contributed by atoms with Crippen LogP contribution in [-0.2, 0) is 4.74 Å². The minimum atomic E-state index is -0.00883. The van der Waals surface area contributed by atoms with Gasteiger partial charge in [0.2, 0.25) is 0 Å². The van der Waals surface area contributed by atoms with Crippen molar-refractivity contribution in [1.82, 2.24) is 9.97 Å². The van der Waals surface area contributed by atoms with Crippen LogP contribution >= 0.6 is 0 Å². The van der Waals surface area contributed by atoms with Crippen molar-refractivity contribution in [2.75, 3.05) is 7.11 Å². The van der Waals surface area contributed by atoms with Crippen LogP contribution in [0.2, 0.25) is 0 Å². The van der Waals surface area contributed by atoms with E-state index in [0.29, 0.717) is 0 Å². The van der Waals surface area contributed by atoms with Crippen LogP contribution < -0.4 is 0 Å². The molecule has 0 amide bonds. The van der Waals surface area contributed by atoms with Crippen LogP contribution in [0.1, 0.15) is 18.7 Å². The van der Waals surface area contributed by atoms with Gasteiger partial charge in [0, 0.05) is 18.9 Å². The lowest BCUT2D eigenvalue weighted by Crippen LogP contribution is -2.01. The maximum atomic E-state index is 5.24. The van der Waals surface area contributed by atoms with E-state index >= 15 is 0 Å². The monoisotopic (exact) mass is 214 g/mol. The van der Waals surface area contributed by atoms with Crippen molar-refractivity contribution in [3.8, 4) is 11.4 Å². The minimum absolute atomic E-state index is 0.00883. The van der Waals surface area contributed by atoms with Crippen LogP contribution in [0.4, 0.5) is 0 Å². The Labute approximate surface area is 95.1 Å². The van der Waals surface area contributed by atoms with Crippen molar-refractivity contribution in [3.05, 3.63) is 48.3 Å². The lowest BCUT2D eigenvalue weighted by atomic mass is 10.2. The van der Waals surface area contributed by atoms with Gasteiger partial charge in [-0.25, -0.2) is 9.97 Å². The number of nitrogens with zero attached hydrogens (tertiary/aromatic N) is 2. The summed E-state index contributed by atoms with van der Waals surface area (Å²) in [5.41, 5.74) is 1.92. The molecule has 3 heteroatoms. The van der Waals surface area contributed by atoms with Gasteiger partial charge in [-0.3, -0.25) is 0 Å². The summed E-state index contributed by atoms with van der Waals surface area (Å²) in [6.07, 6.45) is 1.76. The predicted molar refractivity (Wildman–Crippen MR) is 62.9 cm³/mol. The van der Waals surface area contributed by atoms with E-state index in [1.165, 1.54) is 0 Å². The molecule has 1 aromatic carbocycles. The first-order chi connectivity index (χ1) is 7.81. The average molecular weight is 214 g/mol. The third kappa shape index (κ3) is 2.25.